The lowest BCUT2D eigenvalue weighted by Gasteiger charge is -2.21. The van der Waals surface area contributed by atoms with E-state index in [2.05, 4.69) is 35.9 Å². The number of ether oxygens (including phenoxy) is 1. The van der Waals surface area contributed by atoms with Gasteiger partial charge in [-0.2, -0.15) is 0 Å². The fourth-order valence-corrected chi connectivity index (χ4v) is 3.34. The van der Waals surface area contributed by atoms with E-state index in [9.17, 15) is 0 Å². The molecule has 0 aliphatic rings. The van der Waals surface area contributed by atoms with Crippen LogP contribution in [0, 0.1) is 0 Å². The van der Waals surface area contributed by atoms with E-state index in [0.29, 0.717) is 30.5 Å². The molecule has 10 heteroatoms. The summed E-state index contributed by atoms with van der Waals surface area (Å²) >= 11 is 1.61. The maximum absolute atomic E-state index is 5.33. The van der Waals surface area contributed by atoms with Crippen molar-refractivity contribution in [2.24, 2.45) is 4.99 Å². The first-order valence-corrected chi connectivity index (χ1v) is 9.90. The Hall–Kier alpha value is -2.72. The van der Waals surface area contributed by atoms with Crippen molar-refractivity contribution in [3.05, 3.63) is 40.3 Å². The van der Waals surface area contributed by atoms with Crippen LogP contribution in [0.5, 0.6) is 0 Å². The molecule has 28 heavy (non-hydrogen) atoms. The predicted octanol–water partition coefficient (Wildman–Crippen LogP) is 2.83. The molecule has 3 aromatic rings. The van der Waals surface area contributed by atoms with Crippen molar-refractivity contribution in [3.8, 4) is 11.6 Å². The van der Waals surface area contributed by atoms with Crippen LogP contribution in [0.15, 0.2) is 33.2 Å². The summed E-state index contributed by atoms with van der Waals surface area (Å²) in [6.45, 7) is 5.82. The molecule has 1 atom stereocenters. The van der Waals surface area contributed by atoms with Crippen LogP contribution in [0.3, 0.4) is 0 Å². The van der Waals surface area contributed by atoms with E-state index < -0.39 is 0 Å². The summed E-state index contributed by atoms with van der Waals surface area (Å²) in [7, 11) is 3.67. The van der Waals surface area contributed by atoms with Crippen molar-refractivity contribution < 1.29 is 9.15 Å². The van der Waals surface area contributed by atoms with Gasteiger partial charge < -0.3 is 19.4 Å². The second-order valence-corrected chi connectivity index (χ2v) is 7.05. The summed E-state index contributed by atoms with van der Waals surface area (Å²) in [5.74, 6) is 2.59. The number of nitrogens with one attached hydrogen (secondary N) is 2. The van der Waals surface area contributed by atoms with Gasteiger partial charge in [-0.15, -0.1) is 16.4 Å². The van der Waals surface area contributed by atoms with Crippen molar-refractivity contribution in [2.45, 2.75) is 33.0 Å². The molecule has 0 saturated heterocycles. The molecule has 3 heterocycles. The molecular weight excluding hydrogens is 378 g/mol. The Labute approximate surface area is 167 Å². The number of H-pyrrole nitrogens is 1. The number of aromatic nitrogens is 4. The van der Waals surface area contributed by atoms with Crippen molar-refractivity contribution in [1.82, 2.24) is 30.4 Å². The molecule has 0 bridgehead atoms. The van der Waals surface area contributed by atoms with Crippen LogP contribution < -0.4 is 5.32 Å². The van der Waals surface area contributed by atoms with Crippen LogP contribution in [-0.4, -0.2) is 51.7 Å². The van der Waals surface area contributed by atoms with E-state index in [0.717, 1.165) is 23.2 Å². The fourth-order valence-electron chi connectivity index (χ4n) is 2.50. The summed E-state index contributed by atoms with van der Waals surface area (Å²) in [6, 6.07) is 3.62. The molecular formula is C18H25N7O2S. The van der Waals surface area contributed by atoms with Gasteiger partial charge in [-0.3, -0.25) is 5.10 Å². The number of rotatable bonds is 8. The standard InChI is InChI=1S/C18H25N7O2S/c1-5-19-18(25(3)10-13-11-28-17(21-13)12(2)26-4)20-9-15-22-16(24-23-15)14-7-6-8-27-14/h6-8,11-12H,5,9-10H2,1-4H3,(H,19,20)(H,22,23,24). The topological polar surface area (TPSA) is 104 Å². The SMILES string of the molecule is CCNC(=NCc1nc(-c2ccco2)n[nH]1)N(C)Cc1csc(C(C)OC)n1. The highest BCUT2D eigenvalue weighted by Crippen LogP contribution is 2.21. The number of methoxy groups -OCH3 is 1. The van der Waals surface area contributed by atoms with Gasteiger partial charge in [-0.25, -0.2) is 15.0 Å². The van der Waals surface area contributed by atoms with E-state index in [-0.39, 0.29) is 6.10 Å². The van der Waals surface area contributed by atoms with Crippen molar-refractivity contribution in [2.75, 3.05) is 20.7 Å². The Morgan fingerprint density at radius 2 is 2.32 bits per heavy atom. The Morgan fingerprint density at radius 1 is 1.46 bits per heavy atom. The number of furan rings is 1. The van der Waals surface area contributed by atoms with Crippen LogP contribution in [0.1, 0.15) is 36.5 Å². The van der Waals surface area contributed by atoms with Gasteiger partial charge in [-0.1, -0.05) is 0 Å². The van der Waals surface area contributed by atoms with Crippen molar-refractivity contribution in [1.29, 1.82) is 0 Å². The molecule has 0 radical (unpaired) electrons. The quantitative estimate of drug-likeness (QED) is 0.440. The van der Waals surface area contributed by atoms with Crippen molar-refractivity contribution >= 4 is 17.3 Å². The third-order valence-electron chi connectivity index (χ3n) is 4.02. The minimum Gasteiger partial charge on any atom is -0.461 e. The zero-order valence-electron chi connectivity index (χ0n) is 16.5. The Kier molecular flexibility index (Phi) is 6.77. The first-order chi connectivity index (χ1) is 13.6. The molecule has 0 saturated carbocycles. The van der Waals surface area contributed by atoms with E-state index >= 15 is 0 Å². The summed E-state index contributed by atoms with van der Waals surface area (Å²) in [5, 5.41) is 13.4. The van der Waals surface area contributed by atoms with Gasteiger partial charge in [0.15, 0.2) is 11.7 Å². The number of guanidine groups is 1. The maximum Gasteiger partial charge on any atom is 0.216 e. The van der Waals surface area contributed by atoms with E-state index in [4.69, 9.17) is 9.15 Å². The van der Waals surface area contributed by atoms with E-state index in [1.165, 1.54) is 0 Å². The molecule has 1 unspecified atom stereocenters. The molecule has 0 aliphatic carbocycles. The molecule has 0 amide bonds. The highest BCUT2D eigenvalue weighted by atomic mass is 32.1. The van der Waals surface area contributed by atoms with Crippen molar-refractivity contribution in [3.63, 3.8) is 0 Å². The minimum absolute atomic E-state index is 0.000713. The van der Waals surface area contributed by atoms with Crippen LogP contribution in [0.25, 0.3) is 11.6 Å². The summed E-state index contributed by atoms with van der Waals surface area (Å²) in [6.07, 6.45) is 1.60. The monoisotopic (exact) mass is 403 g/mol. The average molecular weight is 404 g/mol. The summed E-state index contributed by atoms with van der Waals surface area (Å²) < 4.78 is 10.6. The minimum atomic E-state index is 0.000713. The van der Waals surface area contributed by atoms with Gasteiger partial charge in [0.05, 0.1) is 18.5 Å². The highest BCUT2D eigenvalue weighted by molar-refractivity contribution is 7.09. The number of hydrogen-bond acceptors (Lipinski definition) is 7. The number of aliphatic imine (C=N–C) groups is 1. The number of thiazole rings is 1. The van der Waals surface area contributed by atoms with Gasteiger partial charge >= 0.3 is 0 Å². The lowest BCUT2D eigenvalue weighted by molar-refractivity contribution is 0.119. The lowest BCUT2D eigenvalue weighted by atomic mass is 10.4. The molecule has 3 rings (SSSR count). The van der Waals surface area contributed by atoms with Crippen LogP contribution in [0.2, 0.25) is 0 Å². The molecule has 0 aromatic carbocycles. The number of hydrogen-bond donors (Lipinski definition) is 2. The maximum atomic E-state index is 5.33. The van der Waals surface area contributed by atoms with Gasteiger partial charge in [0.2, 0.25) is 5.82 Å². The molecule has 3 aromatic heterocycles. The smallest absolute Gasteiger partial charge is 0.216 e. The zero-order valence-corrected chi connectivity index (χ0v) is 17.3. The predicted molar refractivity (Wildman–Crippen MR) is 108 cm³/mol. The first kappa shape index (κ1) is 20.0. The largest absolute Gasteiger partial charge is 0.461 e. The third kappa shape index (κ3) is 4.96. The number of aromatic amines is 1. The fraction of sp³-hybridized carbons (Fsp3) is 0.444. The third-order valence-corrected chi connectivity index (χ3v) is 5.07. The molecule has 9 nitrogen and oxygen atoms in total. The van der Waals surface area contributed by atoms with Gasteiger partial charge in [0, 0.05) is 26.1 Å². The summed E-state index contributed by atoms with van der Waals surface area (Å²) in [5.41, 5.74) is 0.983. The second-order valence-electron chi connectivity index (χ2n) is 6.16. The van der Waals surface area contributed by atoms with Gasteiger partial charge in [0.25, 0.3) is 0 Å². The first-order valence-electron chi connectivity index (χ1n) is 9.02. The van der Waals surface area contributed by atoms with Gasteiger partial charge in [0.1, 0.15) is 23.5 Å². The zero-order chi connectivity index (χ0) is 19.9. The molecule has 0 fully saturated rings. The summed E-state index contributed by atoms with van der Waals surface area (Å²) in [4.78, 5) is 15.7. The Balaban J connectivity index is 1.65. The Bertz CT molecular complexity index is 888. The normalized spacial score (nSPS) is 12.9. The van der Waals surface area contributed by atoms with Crippen LogP contribution in [-0.2, 0) is 17.8 Å². The van der Waals surface area contributed by atoms with Crippen LogP contribution >= 0.6 is 11.3 Å². The van der Waals surface area contributed by atoms with Gasteiger partial charge in [-0.05, 0) is 26.0 Å². The Morgan fingerprint density at radius 3 is 3.04 bits per heavy atom. The number of nitrogens with zero attached hydrogens (tertiary/aromatic N) is 5. The van der Waals surface area contributed by atoms with Crippen LogP contribution in [0.4, 0.5) is 0 Å². The highest BCUT2D eigenvalue weighted by Gasteiger charge is 2.13. The average Bonchev–Trinajstić information content (AvgIpc) is 3.45. The van der Waals surface area contributed by atoms with E-state index in [1.807, 2.05) is 31.9 Å². The molecule has 2 N–H and O–H groups in total. The van der Waals surface area contributed by atoms with E-state index in [1.54, 1.807) is 30.8 Å². The molecule has 0 spiro atoms. The second kappa shape index (κ2) is 9.47. The molecule has 150 valence electrons. The lowest BCUT2D eigenvalue weighted by Crippen LogP contribution is -2.38. The molecule has 0 aliphatic heterocycles.